The Bertz CT molecular complexity index is 348. The molecule has 0 aromatic rings. The Kier molecular flexibility index (Phi) is 6.22. The molecule has 4 atom stereocenters. The van der Waals surface area contributed by atoms with Gasteiger partial charge in [0.2, 0.25) is 5.79 Å². The predicted octanol–water partition coefficient (Wildman–Crippen LogP) is 1.57. The molecule has 2 N–H and O–H groups in total. The molecule has 2 aliphatic rings. The number of fused-ring (bicyclic) bond motifs is 1. The molecule has 0 unspecified atom stereocenters. The third-order valence-electron chi connectivity index (χ3n) is 4.24. The number of hydrogen-bond acceptors (Lipinski definition) is 6. The van der Waals surface area contributed by atoms with Crippen LogP contribution in [0, 0.1) is 0 Å². The van der Waals surface area contributed by atoms with Gasteiger partial charge in [-0.2, -0.15) is 0 Å². The summed E-state index contributed by atoms with van der Waals surface area (Å²) in [5, 5.41) is 19.2. The molecule has 22 heavy (non-hydrogen) atoms. The van der Waals surface area contributed by atoms with Crippen molar-refractivity contribution in [3.63, 3.8) is 0 Å². The lowest BCUT2D eigenvalue weighted by Crippen LogP contribution is -2.44. The number of hydrogen-bond donors (Lipinski definition) is 2. The van der Waals surface area contributed by atoms with Gasteiger partial charge in [-0.15, -0.1) is 0 Å². The number of aliphatic hydroxyl groups is 2. The quantitative estimate of drug-likeness (QED) is 0.629. The SMILES string of the molecule is CCCCCCCO[C@@H]1[C@@H](CO)O[C@@]2(CO)OC(C)(C)O[C@@H]12. The Morgan fingerprint density at radius 3 is 2.41 bits per heavy atom. The number of unbranched alkanes of at least 4 members (excludes halogenated alkanes) is 4. The zero-order chi connectivity index (χ0) is 16.2. The Balaban J connectivity index is 1.91. The summed E-state index contributed by atoms with van der Waals surface area (Å²) in [4.78, 5) is 0. The first-order valence-corrected chi connectivity index (χ1v) is 8.37. The van der Waals surface area contributed by atoms with Crippen molar-refractivity contribution in [2.45, 2.75) is 82.8 Å². The van der Waals surface area contributed by atoms with Crippen LogP contribution >= 0.6 is 0 Å². The fourth-order valence-electron chi connectivity index (χ4n) is 3.24. The Morgan fingerprint density at radius 1 is 1.05 bits per heavy atom. The zero-order valence-electron chi connectivity index (χ0n) is 13.9. The summed E-state index contributed by atoms with van der Waals surface area (Å²) in [5.74, 6) is -2.07. The smallest absolute Gasteiger partial charge is 0.224 e. The van der Waals surface area contributed by atoms with Crippen LogP contribution in [0.4, 0.5) is 0 Å². The maximum absolute atomic E-state index is 9.69. The average molecular weight is 318 g/mol. The van der Waals surface area contributed by atoms with E-state index < -0.39 is 29.9 Å². The highest BCUT2D eigenvalue weighted by atomic mass is 16.9. The third-order valence-corrected chi connectivity index (χ3v) is 4.24. The molecule has 0 aliphatic carbocycles. The minimum Gasteiger partial charge on any atom is -0.394 e. The van der Waals surface area contributed by atoms with E-state index in [-0.39, 0.29) is 13.2 Å². The molecule has 130 valence electrons. The maximum Gasteiger partial charge on any atom is 0.224 e. The van der Waals surface area contributed by atoms with Crippen LogP contribution < -0.4 is 0 Å². The van der Waals surface area contributed by atoms with E-state index in [0.717, 1.165) is 12.8 Å². The van der Waals surface area contributed by atoms with Crippen LogP contribution in [-0.4, -0.2) is 59.9 Å². The number of ether oxygens (including phenoxy) is 4. The summed E-state index contributed by atoms with van der Waals surface area (Å²) in [6, 6.07) is 0. The highest BCUT2D eigenvalue weighted by Crippen LogP contribution is 2.46. The summed E-state index contributed by atoms with van der Waals surface area (Å²) < 4.78 is 23.3. The minimum absolute atomic E-state index is 0.189. The van der Waals surface area contributed by atoms with E-state index in [9.17, 15) is 10.2 Å². The van der Waals surface area contributed by atoms with Crippen molar-refractivity contribution < 1.29 is 29.2 Å². The van der Waals surface area contributed by atoms with Crippen LogP contribution in [0.1, 0.15) is 52.9 Å². The standard InChI is InChI=1S/C16H30O6/c1-4-5-6-7-8-9-19-13-12(10-17)20-16(11-18)14(13)21-15(2,3)22-16/h12-14,17-18H,4-11H2,1-3H3/t12-,13-,14+,16+/m1/s1. The van der Waals surface area contributed by atoms with Gasteiger partial charge < -0.3 is 29.2 Å². The summed E-state index contributed by atoms with van der Waals surface area (Å²) in [6.07, 6.45) is 4.27. The van der Waals surface area contributed by atoms with Crippen molar-refractivity contribution in [1.29, 1.82) is 0 Å². The lowest BCUT2D eigenvalue weighted by atomic mass is 10.1. The van der Waals surface area contributed by atoms with Crippen LogP contribution in [0.3, 0.4) is 0 Å². The van der Waals surface area contributed by atoms with Crippen LogP contribution in [0.15, 0.2) is 0 Å². The van der Waals surface area contributed by atoms with Crippen molar-refractivity contribution >= 4 is 0 Å². The second kappa shape index (κ2) is 7.55. The van der Waals surface area contributed by atoms with E-state index in [4.69, 9.17) is 18.9 Å². The summed E-state index contributed by atoms with van der Waals surface area (Å²) in [7, 11) is 0. The molecule has 0 saturated carbocycles. The van der Waals surface area contributed by atoms with Crippen LogP contribution in [0.5, 0.6) is 0 Å². The van der Waals surface area contributed by atoms with Gasteiger partial charge in [-0.1, -0.05) is 32.6 Å². The molecule has 2 rings (SSSR count). The van der Waals surface area contributed by atoms with E-state index in [1.807, 2.05) is 0 Å². The van der Waals surface area contributed by atoms with E-state index in [0.29, 0.717) is 6.61 Å². The monoisotopic (exact) mass is 318 g/mol. The highest BCUT2D eigenvalue weighted by Gasteiger charge is 2.65. The largest absolute Gasteiger partial charge is 0.394 e. The third kappa shape index (κ3) is 3.80. The predicted molar refractivity (Wildman–Crippen MR) is 80.3 cm³/mol. The van der Waals surface area contributed by atoms with Gasteiger partial charge in [0, 0.05) is 6.61 Å². The topological polar surface area (TPSA) is 77.4 Å². The van der Waals surface area contributed by atoms with Crippen LogP contribution in [-0.2, 0) is 18.9 Å². The normalized spacial score (nSPS) is 36.7. The molecular weight excluding hydrogens is 288 g/mol. The van der Waals surface area contributed by atoms with Crippen molar-refractivity contribution in [2.75, 3.05) is 19.8 Å². The molecule has 0 amide bonds. The van der Waals surface area contributed by atoms with Gasteiger partial charge in [0.25, 0.3) is 0 Å². The summed E-state index contributed by atoms with van der Waals surface area (Å²) in [6.45, 7) is 5.82. The van der Waals surface area contributed by atoms with Gasteiger partial charge in [0.05, 0.1) is 6.61 Å². The van der Waals surface area contributed by atoms with Gasteiger partial charge in [-0.25, -0.2) is 0 Å². The molecule has 2 heterocycles. The van der Waals surface area contributed by atoms with Gasteiger partial charge in [0.1, 0.15) is 24.9 Å². The molecule has 0 aromatic heterocycles. The molecule has 6 heteroatoms. The van der Waals surface area contributed by atoms with Gasteiger partial charge in [0.15, 0.2) is 5.79 Å². The zero-order valence-corrected chi connectivity index (χ0v) is 13.9. The van der Waals surface area contributed by atoms with Crippen molar-refractivity contribution in [1.82, 2.24) is 0 Å². The van der Waals surface area contributed by atoms with E-state index in [1.54, 1.807) is 13.8 Å². The minimum atomic E-state index is -1.23. The Hall–Kier alpha value is -0.240. The molecule has 2 fully saturated rings. The lowest BCUT2D eigenvalue weighted by Gasteiger charge is -2.26. The number of aliphatic hydroxyl groups excluding tert-OH is 2. The van der Waals surface area contributed by atoms with Crippen LogP contribution in [0.25, 0.3) is 0 Å². The second-order valence-corrected chi connectivity index (χ2v) is 6.60. The summed E-state index contributed by atoms with van der Waals surface area (Å²) >= 11 is 0. The van der Waals surface area contributed by atoms with Gasteiger partial charge >= 0.3 is 0 Å². The Morgan fingerprint density at radius 2 is 1.77 bits per heavy atom. The molecule has 2 saturated heterocycles. The molecular formula is C16H30O6. The molecule has 2 aliphatic heterocycles. The van der Waals surface area contributed by atoms with E-state index >= 15 is 0 Å². The first-order valence-electron chi connectivity index (χ1n) is 8.37. The number of rotatable bonds is 9. The van der Waals surface area contributed by atoms with Crippen molar-refractivity contribution in [3.8, 4) is 0 Å². The molecule has 0 bridgehead atoms. The highest BCUT2D eigenvalue weighted by molar-refractivity contribution is 5.03. The second-order valence-electron chi connectivity index (χ2n) is 6.60. The molecule has 0 spiro atoms. The Labute approximate surface area is 132 Å². The molecule has 6 nitrogen and oxygen atoms in total. The van der Waals surface area contributed by atoms with Gasteiger partial charge in [-0.3, -0.25) is 0 Å². The van der Waals surface area contributed by atoms with Crippen LogP contribution in [0.2, 0.25) is 0 Å². The van der Waals surface area contributed by atoms with E-state index in [1.165, 1.54) is 19.3 Å². The van der Waals surface area contributed by atoms with Crippen molar-refractivity contribution in [2.24, 2.45) is 0 Å². The molecule has 0 aromatic carbocycles. The van der Waals surface area contributed by atoms with Crippen molar-refractivity contribution in [3.05, 3.63) is 0 Å². The maximum atomic E-state index is 9.69. The molecule has 0 radical (unpaired) electrons. The average Bonchev–Trinajstić information content (AvgIpc) is 2.90. The van der Waals surface area contributed by atoms with Gasteiger partial charge in [-0.05, 0) is 20.3 Å². The van der Waals surface area contributed by atoms with E-state index in [2.05, 4.69) is 6.92 Å². The fourth-order valence-corrected chi connectivity index (χ4v) is 3.24. The first kappa shape index (κ1) is 18.1. The lowest BCUT2D eigenvalue weighted by molar-refractivity contribution is -0.277. The fraction of sp³-hybridized carbons (Fsp3) is 1.00. The summed E-state index contributed by atoms with van der Waals surface area (Å²) in [5.41, 5.74) is 0. The first-order chi connectivity index (χ1) is 10.5.